The lowest BCUT2D eigenvalue weighted by atomic mass is 10.2. The van der Waals surface area contributed by atoms with Crippen LogP contribution in [-0.2, 0) is 17.8 Å². The molecule has 88 valence electrons. The standard InChI is InChI=1S/C15H17NO/c16-15-8-6-14(7-9-15)12-17-11-10-13-4-2-1-3-5-13/h1-9H,10-12,16H2. The Labute approximate surface area is 102 Å². The molecule has 0 bridgehead atoms. The Morgan fingerprint density at radius 1 is 0.824 bits per heavy atom. The van der Waals surface area contributed by atoms with Gasteiger partial charge in [0.15, 0.2) is 0 Å². The molecule has 17 heavy (non-hydrogen) atoms. The van der Waals surface area contributed by atoms with E-state index in [0.717, 1.165) is 24.3 Å². The van der Waals surface area contributed by atoms with Crippen LogP contribution in [0.2, 0.25) is 0 Å². The summed E-state index contributed by atoms with van der Waals surface area (Å²) >= 11 is 0. The van der Waals surface area contributed by atoms with E-state index < -0.39 is 0 Å². The monoisotopic (exact) mass is 227 g/mol. The predicted octanol–water partition coefficient (Wildman–Crippen LogP) is 3.03. The SMILES string of the molecule is Nc1ccc(COCCc2ccccc2)cc1. The molecule has 2 rings (SSSR count). The number of anilines is 1. The Morgan fingerprint density at radius 3 is 2.24 bits per heavy atom. The summed E-state index contributed by atoms with van der Waals surface area (Å²) in [7, 11) is 0. The van der Waals surface area contributed by atoms with Crippen LogP contribution in [0, 0.1) is 0 Å². The lowest BCUT2D eigenvalue weighted by Gasteiger charge is -2.05. The molecule has 0 unspecified atom stereocenters. The lowest BCUT2D eigenvalue weighted by molar-refractivity contribution is 0.124. The van der Waals surface area contributed by atoms with Crippen molar-refractivity contribution in [1.29, 1.82) is 0 Å². The maximum Gasteiger partial charge on any atom is 0.0717 e. The number of benzene rings is 2. The summed E-state index contributed by atoms with van der Waals surface area (Å²) in [5.41, 5.74) is 8.88. The zero-order chi connectivity index (χ0) is 11.9. The van der Waals surface area contributed by atoms with Gasteiger partial charge in [0.1, 0.15) is 0 Å². The zero-order valence-electron chi connectivity index (χ0n) is 9.80. The van der Waals surface area contributed by atoms with Crippen molar-refractivity contribution in [2.75, 3.05) is 12.3 Å². The van der Waals surface area contributed by atoms with Crippen LogP contribution in [0.15, 0.2) is 54.6 Å². The van der Waals surface area contributed by atoms with Crippen LogP contribution >= 0.6 is 0 Å². The summed E-state index contributed by atoms with van der Waals surface area (Å²) in [5, 5.41) is 0. The van der Waals surface area contributed by atoms with Crippen molar-refractivity contribution in [3.8, 4) is 0 Å². The van der Waals surface area contributed by atoms with E-state index >= 15 is 0 Å². The second-order valence-electron chi connectivity index (χ2n) is 4.03. The third-order valence-corrected chi connectivity index (χ3v) is 2.63. The van der Waals surface area contributed by atoms with E-state index in [9.17, 15) is 0 Å². The molecule has 0 heterocycles. The topological polar surface area (TPSA) is 35.2 Å². The van der Waals surface area contributed by atoms with Crippen molar-refractivity contribution in [3.05, 3.63) is 65.7 Å². The number of rotatable bonds is 5. The van der Waals surface area contributed by atoms with E-state index in [0.29, 0.717) is 6.61 Å². The average Bonchev–Trinajstić information content (AvgIpc) is 2.38. The molecule has 0 aliphatic carbocycles. The van der Waals surface area contributed by atoms with E-state index in [2.05, 4.69) is 24.3 Å². The van der Waals surface area contributed by atoms with E-state index in [1.165, 1.54) is 5.56 Å². The minimum atomic E-state index is 0.646. The second-order valence-corrected chi connectivity index (χ2v) is 4.03. The molecule has 0 aliphatic heterocycles. The molecule has 0 aliphatic rings. The highest BCUT2D eigenvalue weighted by atomic mass is 16.5. The molecule has 0 spiro atoms. The molecule has 2 N–H and O–H groups in total. The van der Waals surface area contributed by atoms with Crippen LogP contribution in [0.3, 0.4) is 0 Å². The molecular weight excluding hydrogens is 210 g/mol. The first-order valence-corrected chi connectivity index (χ1v) is 5.81. The molecular formula is C15H17NO. The van der Waals surface area contributed by atoms with E-state index in [1.54, 1.807) is 0 Å². The van der Waals surface area contributed by atoms with E-state index in [-0.39, 0.29) is 0 Å². The zero-order valence-corrected chi connectivity index (χ0v) is 9.80. The van der Waals surface area contributed by atoms with Crippen molar-refractivity contribution >= 4 is 5.69 Å². The highest BCUT2D eigenvalue weighted by Crippen LogP contribution is 2.07. The van der Waals surface area contributed by atoms with Gasteiger partial charge < -0.3 is 10.5 Å². The molecule has 2 nitrogen and oxygen atoms in total. The smallest absolute Gasteiger partial charge is 0.0717 e. The van der Waals surface area contributed by atoms with Crippen LogP contribution < -0.4 is 5.73 Å². The number of hydrogen-bond acceptors (Lipinski definition) is 2. The van der Waals surface area contributed by atoms with Crippen molar-refractivity contribution in [2.45, 2.75) is 13.0 Å². The molecule has 0 amide bonds. The summed E-state index contributed by atoms with van der Waals surface area (Å²) < 4.78 is 5.62. The fourth-order valence-electron chi connectivity index (χ4n) is 1.64. The summed E-state index contributed by atoms with van der Waals surface area (Å²) in [6.07, 6.45) is 0.954. The summed E-state index contributed by atoms with van der Waals surface area (Å²) in [4.78, 5) is 0. The molecule has 2 aromatic carbocycles. The second kappa shape index (κ2) is 6.06. The first kappa shape index (κ1) is 11.7. The Balaban J connectivity index is 1.71. The number of nitrogen functional groups attached to an aromatic ring is 1. The van der Waals surface area contributed by atoms with Crippen molar-refractivity contribution in [2.24, 2.45) is 0 Å². The largest absolute Gasteiger partial charge is 0.399 e. The quantitative estimate of drug-likeness (QED) is 0.629. The van der Waals surface area contributed by atoms with Gasteiger partial charge in [0, 0.05) is 5.69 Å². The van der Waals surface area contributed by atoms with Gasteiger partial charge in [-0.3, -0.25) is 0 Å². The van der Waals surface area contributed by atoms with E-state index in [1.807, 2.05) is 30.3 Å². The van der Waals surface area contributed by atoms with Gasteiger partial charge >= 0.3 is 0 Å². The van der Waals surface area contributed by atoms with Gasteiger partial charge in [-0.2, -0.15) is 0 Å². The van der Waals surface area contributed by atoms with Gasteiger partial charge in [0.2, 0.25) is 0 Å². The third kappa shape index (κ3) is 3.93. The first-order valence-electron chi connectivity index (χ1n) is 5.81. The van der Waals surface area contributed by atoms with Gasteiger partial charge in [-0.05, 0) is 29.7 Å². The molecule has 0 radical (unpaired) electrons. The molecule has 0 saturated heterocycles. The minimum Gasteiger partial charge on any atom is -0.399 e. The Morgan fingerprint density at radius 2 is 1.53 bits per heavy atom. The molecule has 0 aromatic heterocycles. The van der Waals surface area contributed by atoms with Gasteiger partial charge in [-0.15, -0.1) is 0 Å². The molecule has 0 saturated carbocycles. The first-order chi connectivity index (χ1) is 8.34. The average molecular weight is 227 g/mol. The fraction of sp³-hybridized carbons (Fsp3) is 0.200. The maximum absolute atomic E-state index is 5.62. The van der Waals surface area contributed by atoms with Crippen molar-refractivity contribution < 1.29 is 4.74 Å². The molecule has 0 fully saturated rings. The highest BCUT2D eigenvalue weighted by molar-refractivity contribution is 5.39. The highest BCUT2D eigenvalue weighted by Gasteiger charge is 1.94. The van der Waals surface area contributed by atoms with Gasteiger partial charge in [-0.1, -0.05) is 42.5 Å². The van der Waals surface area contributed by atoms with Crippen LogP contribution in [0.5, 0.6) is 0 Å². The van der Waals surface area contributed by atoms with Gasteiger partial charge in [-0.25, -0.2) is 0 Å². The maximum atomic E-state index is 5.62. The predicted molar refractivity (Wildman–Crippen MR) is 70.7 cm³/mol. The van der Waals surface area contributed by atoms with Crippen molar-refractivity contribution in [3.63, 3.8) is 0 Å². The Bertz CT molecular complexity index is 436. The normalized spacial score (nSPS) is 10.4. The fourth-order valence-corrected chi connectivity index (χ4v) is 1.64. The third-order valence-electron chi connectivity index (χ3n) is 2.63. The van der Waals surface area contributed by atoms with Crippen LogP contribution in [0.1, 0.15) is 11.1 Å². The summed E-state index contributed by atoms with van der Waals surface area (Å²) in [6.45, 7) is 1.39. The molecule has 2 heteroatoms. The van der Waals surface area contributed by atoms with Gasteiger partial charge in [0.25, 0.3) is 0 Å². The summed E-state index contributed by atoms with van der Waals surface area (Å²) in [5.74, 6) is 0. The van der Waals surface area contributed by atoms with Crippen LogP contribution in [-0.4, -0.2) is 6.61 Å². The number of ether oxygens (including phenoxy) is 1. The Kier molecular flexibility index (Phi) is 4.17. The summed E-state index contributed by atoms with van der Waals surface area (Å²) in [6, 6.07) is 18.2. The van der Waals surface area contributed by atoms with Gasteiger partial charge in [0.05, 0.1) is 13.2 Å². The van der Waals surface area contributed by atoms with E-state index in [4.69, 9.17) is 10.5 Å². The molecule has 2 aromatic rings. The van der Waals surface area contributed by atoms with Crippen molar-refractivity contribution in [1.82, 2.24) is 0 Å². The lowest BCUT2D eigenvalue weighted by Crippen LogP contribution is -1.99. The number of nitrogens with two attached hydrogens (primary N) is 1. The van der Waals surface area contributed by atoms with Crippen LogP contribution in [0.4, 0.5) is 5.69 Å². The minimum absolute atomic E-state index is 0.646. The Hall–Kier alpha value is -1.80. The van der Waals surface area contributed by atoms with Crippen LogP contribution in [0.25, 0.3) is 0 Å². The number of hydrogen-bond donors (Lipinski definition) is 1. The molecule has 0 atom stereocenters.